The molecule has 1 rings (SSSR count). The fourth-order valence-electron chi connectivity index (χ4n) is 1.44. The van der Waals surface area contributed by atoms with E-state index < -0.39 is 0 Å². The summed E-state index contributed by atoms with van der Waals surface area (Å²) in [5.74, 6) is 0.140. The summed E-state index contributed by atoms with van der Waals surface area (Å²) in [6, 6.07) is 5.85. The molecule has 1 atom stereocenters. The predicted octanol–water partition coefficient (Wildman–Crippen LogP) is 2.22. The van der Waals surface area contributed by atoms with E-state index in [1.54, 1.807) is 0 Å². The third-order valence-corrected chi connectivity index (χ3v) is 2.20. The summed E-state index contributed by atoms with van der Waals surface area (Å²) in [6.07, 6.45) is 0.421. The number of carbonyl (C=O) groups is 1. The Morgan fingerprint density at radius 2 is 2.07 bits per heavy atom. The molecular weight excluding hydrogens is 174 g/mol. The van der Waals surface area contributed by atoms with Gasteiger partial charge in [0.1, 0.15) is 0 Å². The smallest absolute Gasteiger partial charge is 0.164 e. The van der Waals surface area contributed by atoms with Crippen LogP contribution in [0.15, 0.2) is 18.2 Å². The van der Waals surface area contributed by atoms with Crippen LogP contribution in [0.2, 0.25) is 0 Å². The van der Waals surface area contributed by atoms with Crippen LogP contribution in [0.25, 0.3) is 0 Å². The molecule has 0 aliphatic rings. The molecule has 0 bridgehead atoms. The Labute approximate surface area is 85.1 Å². The highest BCUT2D eigenvalue weighted by molar-refractivity contribution is 5.97. The van der Waals surface area contributed by atoms with E-state index in [9.17, 15) is 4.79 Å². The van der Waals surface area contributed by atoms with Gasteiger partial charge in [-0.3, -0.25) is 4.79 Å². The molecular formula is C12H17NO. The number of rotatable bonds is 3. The van der Waals surface area contributed by atoms with Gasteiger partial charge in [-0.25, -0.2) is 0 Å². The first-order chi connectivity index (χ1) is 6.50. The molecule has 2 nitrogen and oxygen atoms in total. The number of hydrogen-bond acceptors (Lipinski definition) is 2. The molecule has 0 amide bonds. The Bertz CT molecular complexity index is 342. The predicted molar refractivity (Wildman–Crippen MR) is 58.5 cm³/mol. The van der Waals surface area contributed by atoms with Gasteiger partial charge in [0, 0.05) is 18.0 Å². The van der Waals surface area contributed by atoms with Gasteiger partial charge < -0.3 is 5.73 Å². The second-order valence-corrected chi connectivity index (χ2v) is 3.92. The Morgan fingerprint density at radius 3 is 2.64 bits per heavy atom. The van der Waals surface area contributed by atoms with Gasteiger partial charge in [0.15, 0.2) is 5.78 Å². The van der Waals surface area contributed by atoms with Gasteiger partial charge in [-0.05, 0) is 32.4 Å². The SMILES string of the molecule is Cc1ccc(C)c(C(=O)CC(C)N)c1. The zero-order chi connectivity index (χ0) is 10.7. The Morgan fingerprint density at radius 1 is 1.43 bits per heavy atom. The van der Waals surface area contributed by atoms with Crippen molar-refractivity contribution in [2.75, 3.05) is 0 Å². The van der Waals surface area contributed by atoms with Crippen molar-refractivity contribution in [3.63, 3.8) is 0 Å². The molecule has 76 valence electrons. The summed E-state index contributed by atoms with van der Waals surface area (Å²) in [6.45, 7) is 5.79. The molecule has 0 radical (unpaired) electrons. The summed E-state index contributed by atoms with van der Waals surface area (Å²) in [5, 5.41) is 0. The molecule has 1 aromatic carbocycles. The lowest BCUT2D eigenvalue weighted by Gasteiger charge is -2.07. The maximum Gasteiger partial charge on any atom is 0.164 e. The average Bonchev–Trinajstić information content (AvgIpc) is 2.08. The number of hydrogen-bond donors (Lipinski definition) is 1. The van der Waals surface area contributed by atoms with E-state index in [0.29, 0.717) is 6.42 Å². The molecule has 0 saturated carbocycles. The second-order valence-electron chi connectivity index (χ2n) is 3.92. The topological polar surface area (TPSA) is 43.1 Å². The van der Waals surface area contributed by atoms with E-state index in [1.165, 1.54) is 0 Å². The second kappa shape index (κ2) is 4.38. The van der Waals surface area contributed by atoms with Crippen molar-refractivity contribution in [2.24, 2.45) is 5.73 Å². The molecule has 0 heterocycles. The lowest BCUT2D eigenvalue weighted by molar-refractivity contribution is 0.0976. The van der Waals surface area contributed by atoms with Crippen LogP contribution in [-0.2, 0) is 0 Å². The molecule has 2 N–H and O–H groups in total. The molecule has 0 fully saturated rings. The zero-order valence-corrected chi connectivity index (χ0v) is 9.00. The summed E-state index contributed by atoms with van der Waals surface area (Å²) in [5.41, 5.74) is 8.55. The number of benzene rings is 1. The molecule has 2 heteroatoms. The third kappa shape index (κ3) is 2.67. The van der Waals surface area contributed by atoms with E-state index in [0.717, 1.165) is 16.7 Å². The molecule has 0 saturated heterocycles. The van der Waals surface area contributed by atoms with Crippen molar-refractivity contribution >= 4 is 5.78 Å². The minimum atomic E-state index is -0.0672. The minimum Gasteiger partial charge on any atom is -0.328 e. The average molecular weight is 191 g/mol. The fraction of sp³-hybridized carbons (Fsp3) is 0.417. The molecule has 0 aromatic heterocycles. The van der Waals surface area contributed by atoms with E-state index in [1.807, 2.05) is 39.0 Å². The van der Waals surface area contributed by atoms with E-state index in [4.69, 9.17) is 5.73 Å². The standard InChI is InChI=1S/C12H17NO/c1-8-4-5-9(2)11(6-8)12(14)7-10(3)13/h4-6,10H,7,13H2,1-3H3. The van der Waals surface area contributed by atoms with Crippen LogP contribution in [0.5, 0.6) is 0 Å². The normalized spacial score (nSPS) is 12.6. The first-order valence-corrected chi connectivity index (χ1v) is 4.86. The zero-order valence-electron chi connectivity index (χ0n) is 9.00. The number of ketones is 1. The van der Waals surface area contributed by atoms with E-state index in [2.05, 4.69) is 0 Å². The molecule has 14 heavy (non-hydrogen) atoms. The van der Waals surface area contributed by atoms with Crippen molar-refractivity contribution < 1.29 is 4.79 Å². The molecule has 1 unspecified atom stereocenters. The van der Waals surface area contributed by atoms with Gasteiger partial charge in [0.2, 0.25) is 0 Å². The molecule has 1 aromatic rings. The van der Waals surface area contributed by atoms with Crippen LogP contribution >= 0.6 is 0 Å². The van der Waals surface area contributed by atoms with Crippen LogP contribution in [-0.4, -0.2) is 11.8 Å². The van der Waals surface area contributed by atoms with Crippen molar-refractivity contribution in [3.05, 3.63) is 34.9 Å². The number of aryl methyl sites for hydroxylation is 2. The summed E-state index contributed by atoms with van der Waals surface area (Å²) in [4.78, 5) is 11.7. The highest BCUT2D eigenvalue weighted by atomic mass is 16.1. The van der Waals surface area contributed by atoms with Crippen LogP contribution in [0, 0.1) is 13.8 Å². The fourth-order valence-corrected chi connectivity index (χ4v) is 1.44. The van der Waals surface area contributed by atoms with Gasteiger partial charge in [-0.1, -0.05) is 17.7 Å². The Hall–Kier alpha value is -1.15. The third-order valence-electron chi connectivity index (χ3n) is 2.20. The molecule has 0 aliphatic carbocycles. The highest BCUT2D eigenvalue weighted by Crippen LogP contribution is 2.13. The van der Waals surface area contributed by atoms with Crippen molar-refractivity contribution in [2.45, 2.75) is 33.2 Å². The first kappa shape index (κ1) is 10.9. The van der Waals surface area contributed by atoms with Crippen molar-refractivity contribution in [1.82, 2.24) is 0 Å². The number of nitrogens with two attached hydrogens (primary N) is 1. The number of carbonyl (C=O) groups excluding carboxylic acids is 1. The van der Waals surface area contributed by atoms with Gasteiger partial charge in [0.05, 0.1) is 0 Å². The first-order valence-electron chi connectivity index (χ1n) is 4.86. The van der Waals surface area contributed by atoms with Crippen LogP contribution in [0.3, 0.4) is 0 Å². The van der Waals surface area contributed by atoms with Crippen LogP contribution in [0.1, 0.15) is 34.8 Å². The summed E-state index contributed by atoms with van der Waals surface area (Å²) in [7, 11) is 0. The quantitative estimate of drug-likeness (QED) is 0.744. The van der Waals surface area contributed by atoms with Crippen LogP contribution in [0.4, 0.5) is 0 Å². The minimum absolute atomic E-state index is 0.0672. The summed E-state index contributed by atoms with van der Waals surface area (Å²) >= 11 is 0. The summed E-state index contributed by atoms with van der Waals surface area (Å²) < 4.78 is 0. The van der Waals surface area contributed by atoms with Crippen molar-refractivity contribution in [1.29, 1.82) is 0 Å². The number of Topliss-reactive ketones (excluding diaryl/α,β-unsaturated/α-hetero) is 1. The van der Waals surface area contributed by atoms with Crippen LogP contribution < -0.4 is 5.73 Å². The van der Waals surface area contributed by atoms with Gasteiger partial charge in [-0.15, -0.1) is 0 Å². The van der Waals surface area contributed by atoms with Crippen molar-refractivity contribution in [3.8, 4) is 0 Å². The van der Waals surface area contributed by atoms with E-state index >= 15 is 0 Å². The van der Waals surface area contributed by atoms with Gasteiger partial charge in [0.25, 0.3) is 0 Å². The molecule has 0 spiro atoms. The monoisotopic (exact) mass is 191 g/mol. The molecule has 0 aliphatic heterocycles. The van der Waals surface area contributed by atoms with E-state index in [-0.39, 0.29) is 11.8 Å². The lowest BCUT2D eigenvalue weighted by atomic mass is 9.98. The largest absolute Gasteiger partial charge is 0.328 e. The highest BCUT2D eigenvalue weighted by Gasteiger charge is 2.10. The van der Waals surface area contributed by atoms with Gasteiger partial charge >= 0.3 is 0 Å². The Kier molecular flexibility index (Phi) is 3.42. The Balaban J connectivity index is 2.94. The maximum atomic E-state index is 11.7. The van der Waals surface area contributed by atoms with Gasteiger partial charge in [-0.2, -0.15) is 0 Å². The lowest BCUT2D eigenvalue weighted by Crippen LogP contribution is -2.20. The maximum absolute atomic E-state index is 11.7.